The predicted molar refractivity (Wildman–Crippen MR) is 151 cm³/mol. The fourth-order valence-corrected chi connectivity index (χ4v) is 5.57. The molecule has 0 saturated heterocycles. The minimum Gasteiger partial charge on any atom is -0.496 e. The summed E-state index contributed by atoms with van der Waals surface area (Å²) < 4.78 is 11.5. The van der Waals surface area contributed by atoms with Gasteiger partial charge in [0, 0.05) is 10.4 Å². The van der Waals surface area contributed by atoms with Gasteiger partial charge >= 0.3 is 0 Å². The topological polar surface area (TPSA) is 18.5 Å². The molecule has 0 bridgehead atoms. The summed E-state index contributed by atoms with van der Waals surface area (Å²) in [4.78, 5) is -0.186. The van der Waals surface area contributed by atoms with Crippen LogP contribution in [-0.4, -0.2) is 19.1 Å². The summed E-state index contributed by atoms with van der Waals surface area (Å²) in [5.41, 5.74) is 4.75. The van der Waals surface area contributed by atoms with E-state index < -0.39 is 0 Å². The molecule has 198 valence electrons. The van der Waals surface area contributed by atoms with E-state index in [0.29, 0.717) is 0 Å². The van der Waals surface area contributed by atoms with Gasteiger partial charge in [-0.05, 0) is 81.4 Å². The van der Waals surface area contributed by atoms with E-state index in [1.165, 1.54) is 68.1 Å². The van der Waals surface area contributed by atoms with Gasteiger partial charge in [-0.15, -0.1) is 11.6 Å². The van der Waals surface area contributed by atoms with Gasteiger partial charge in [-0.1, -0.05) is 79.1 Å². The lowest BCUT2D eigenvalue weighted by Gasteiger charge is -2.25. The molecule has 0 aliphatic rings. The number of hydrogen-bond acceptors (Lipinski definition) is 2. The molecular formula is C31H55ClO2. The van der Waals surface area contributed by atoms with Crippen LogP contribution >= 0.6 is 11.6 Å². The summed E-state index contributed by atoms with van der Waals surface area (Å²) >= 11 is 7.01. The van der Waals surface area contributed by atoms with Gasteiger partial charge in [0.2, 0.25) is 0 Å². The van der Waals surface area contributed by atoms with E-state index in [-0.39, 0.29) is 4.87 Å². The van der Waals surface area contributed by atoms with Gasteiger partial charge in [-0.2, -0.15) is 0 Å². The first-order valence-corrected chi connectivity index (χ1v) is 14.2. The molecule has 0 fully saturated rings. The number of rotatable bonds is 17. The van der Waals surface area contributed by atoms with Crippen molar-refractivity contribution in [3.63, 3.8) is 0 Å². The van der Waals surface area contributed by atoms with Crippen LogP contribution in [0, 0.1) is 38.5 Å². The van der Waals surface area contributed by atoms with Crippen molar-refractivity contribution in [1.82, 2.24) is 0 Å². The fraction of sp³-hybridized carbons (Fsp3) is 0.806. The zero-order valence-electron chi connectivity index (χ0n) is 24.2. The van der Waals surface area contributed by atoms with Gasteiger partial charge in [0.1, 0.15) is 11.5 Å². The Morgan fingerprint density at radius 3 is 1.65 bits per heavy atom. The number of ether oxygens (including phenoxy) is 2. The summed E-state index contributed by atoms with van der Waals surface area (Å²) in [7, 11) is 3.52. The first kappa shape index (κ1) is 31.1. The van der Waals surface area contributed by atoms with Crippen LogP contribution in [0.25, 0.3) is 0 Å². The highest BCUT2D eigenvalue weighted by Crippen LogP contribution is 2.40. The Balaban J connectivity index is 2.47. The van der Waals surface area contributed by atoms with Crippen molar-refractivity contribution in [2.75, 3.05) is 14.2 Å². The van der Waals surface area contributed by atoms with Crippen LogP contribution in [0.15, 0.2) is 0 Å². The average Bonchev–Trinajstić information content (AvgIpc) is 2.75. The highest BCUT2D eigenvalue weighted by molar-refractivity contribution is 6.23. The quantitative estimate of drug-likeness (QED) is 0.200. The fourth-order valence-electron chi connectivity index (χ4n) is 5.35. The lowest BCUT2D eigenvalue weighted by Crippen LogP contribution is -2.18. The van der Waals surface area contributed by atoms with Crippen molar-refractivity contribution in [1.29, 1.82) is 0 Å². The van der Waals surface area contributed by atoms with Crippen molar-refractivity contribution in [2.45, 2.75) is 131 Å². The molecule has 1 aromatic rings. The molecule has 2 nitrogen and oxygen atoms in total. The van der Waals surface area contributed by atoms with Crippen LogP contribution in [0.2, 0.25) is 0 Å². The molecule has 0 saturated carbocycles. The lowest BCUT2D eigenvalue weighted by atomic mass is 9.88. The van der Waals surface area contributed by atoms with Gasteiger partial charge in [0.05, 0.1) is 14.2 Å². The Kier molecular flexibility index (Phi) is 14.0. The van der Waals surface area contributed by atoms with Gasteiger partial charge in [0.25, 0.3) is 0 Å². The predicted octanol–water partition coefficient (Wildman–Crippen LogP) is 10.00. The molecule has 34 heavy (non-hydrogen) atoms. The lowest BCUT2D eigenvalue weighted by molar-refractivity contribution is 0.377. The van der Waals surface area contributed by atoms with Crippen molar-refractivity contribution >= 4 is 11.6 Å². The normalized spacial score (nSPS) is 15.3. The van der Waals surface area contributed by atoms with E-state index in [9.17, 15) is 0 Å². The zero-order chi connectivity index (χ0) is 25.9. The third kappa shape index (κ3) is 10.4. The van der Waals surface area contributed by atoms with Crippen LogP contribution in [-0.2, 0) is 6.42 Å². The van der Waals surface area contributed by atoms with Gasteiger partial charge < -0.3 is 9.47 Å². The Bertz CT molecular complexity index is 723. The van der Waals surface area contributed by atoms with Crippen molar-refractivity contribution in [3.8, 4) is 11.5 Å². The number of halogens is 1. The van der Waals surface area contributed by atoms with Gasteiger partial charge in [0.15, 0.2) is 0 Å². The number of hydrogen-bond donors (Lipinski definition) is 0. The largest absolute Gasteiger partial charge is 0.496 e. The number of methoxy groups -OCH3 is 2. The van der Waals surface area contributed by atoms with Crippen LogP contribution in [0.4, 0.5) is 0 Å². The van der Waals surface area contributed by atoms with E-state index in [2.05, 4.69) is 55.4 Å². The third-order valence-corrected chi connectivity index (χ3v) is 8.26. The SMILES string of the molecule is COc1c(C)c(C)c(OC)c(CCC(C)(Cl)CCCC(C)CCCC(C)CCCC(C)C)c1C. The minimum absolute atomic E-state index is 0.186. The zero-order valence-corrected chi connectivity index (χ0v) is 25.0. The molecular weight excluding hydrogens is 440 g/mol. The molecule has 0 N–H and O–H groups in total. The summed E-state index contributed by atoms with van der Waals surface area (Å²) in [6.07, 6.45) is 13.7. The second kappa shape index (κ2) is 15.3. The Labute approximate surface area is 217 Å². The number of benzene rings is 1. The van der Waals surface area contributed by atoms with Crippen molar-refractivity contribution < 1.29 is 9.47 Å². The van der Waals surface area contributed by atoms with Crippen molar-refractivity contribution in [2.24, 2.45) is 17.8 Å². The molecule has 1 aromatic carbocycles. The van der Waals surface area contributed by atoms with Crippen LogP contribution in [0.1, 0.15) is 121 Å². The summed E-state index contributed by atoms with van der Waals surface area (Å²) in [6.45, 7) is 18.1. The molecule has 0 spiro atoms. The first-order chi connectivity index (χ1) is 15.9. The molecule has 3 heteroatoms. The average molecular weight is 495 g/mol. The maximum atomic E-state index is 7.01. The Hall–Kier alpha value is -0.890. The Morgan fingerprint density at radius 1 is 0.676 bits per heavy atom. The van der Waals surface area contributed by atoms with E-state index in [4.69, 9.17) is 21.1 Å². The molecule has 0 radical (unpaired) electrons. The summed E-state index contributed by atoms with van der Waals surface area (Å²) in [6, 6.07) is 0. The van der Waals surface area contributed by atoms with E-state index >= 15 is 0 Å². The summed E-state index contributed by atoms with van der Waals surface area (Å²) in [5, 5.41) is 0. The van der Waals surface area contributed by atoms with Crippen LogP contribution in [0.3, 0.4) is 0 Å². The van der Waals surface area contributed by atoms with E-state index in [1.807, 2.05) is 0 Å². The standard InChI is InChI=1S/C31H55ClO2/c1-22(2)14-11-15-23(3)16-12-17-24(4)18-13-20-31(8,32)21-19-28-27(7)29(33-9)25(5)26(6)30(28)34-10/h22-24H,11-21H2,1-10H3. The minimum atomic E-state index is -0.186. The number of alkyl halides is 1. The van der Waals surface area contributed by atoms with Gasteiger partial charge in [-0.3, -0.25) is 0 Å². The maximum absolute atomic E-state index is 7.01. The molecule has 3 atom stereocenters. The van der Waals surface area contributed by atoms with Gasteiger partial charge in [-0.25, -0.2) is 0 Å². The monoisotopic (exact) mass is 494 g/mol. The highest BCUT2D eigenvalue weighted by Gasteiger charge is 2.24. The van der Waals surface area contributed by atoms with Crippen LogP contribution < -0.4 is 9.47 Å². The molecule has 0 aliphatic carbocycles. The smallest absolute Gasteiger partial charge is 0.125 e. The second-order valence-corrected chi connectivity index (χ2v) is 12.6. The Morgan fingerprint density at radius 2 is 1.15 bits per heavy atom. The highest BCUT2D eigenvalue weighted by atomic mass is 35.5. The molecule has 0 heterocycles. The van der Waals surface area contributed by atoms with Crippen LogP contribution in [0.5, 0.6) is 11.5 Å². The van der Waals surface area contributed by atoms with Crippen molar-refractivity contribution in [3.05, 3.63) is 22.3 Å². The molecule has 3 unspecified atom stereocenters. The molecule has 0 amide bonds. The van der Waals surface area contributed by atoms with E-state index in [0.717, 1.165) is 54.1 Å². The van der Waals surface area contributed by atoms with E-state index in [1.54, 1.807) is 14.2 Å². The first-order valence-electron chi connectivity index (χ1n) is 13.8. The molecule has 0 aliphatic heterocycles. The molecule has 1 rings (SSSR count). The molecule has 0 aromatic heterocycles. The second-order valence-electron chi connectivity index (χ2n) is 11.7. The third-order valence-electron chi connectivity index (χ3n) is 7.88. The summed E-state index contributed by atoms with van der Waals surface area (Å²) in [5.74, 6) is 4.49. The maximum Gasteiger partial charge on any atom is 0.125 e.